The largest absolute Gasteiger partial charge is 0.490 e. The van der Waals surface area contributed by atoms with E-state index in [4.69, 9.17) is 16.3 Å². The molecular weight excluding hydrogens is 397 g/mol. The van der Waals surface area contributed by atoms with Crippen molar-refractivity contribution >= 4 is 34.0 Å². The van der Waals surface area contributed by atoms with Gasteiger partial charge in [-0.1, -0.05) is 11.6 Å². The third-order valence-electron chi connectivity index (χ3n) is 4.97. The first-order valence-electron chi connectivity index (χ1n) is 9.00. The van der Waals surface area contributed by atoms with Crippen LogP contribution in [0.5, 0.6) is 5.75 Å². The first kappa shape index (κ1) is 17.7. The Morgan fingerprint density at radius 3 is 3.00 bits per heavy atom. The molecular formula is C21H17ClFN3OS. The zero-order valence-electron chi connectivity index (χ0n) is 14.9. The van der Waals surface area contributed by atoms with Gasteiger partial charge in [0.2, 0.25) is 0 Å². The van der Waals surface area contributed by atoms with Crippen molar-refractivity contribution in [1.29, 1.82) is 0 Å². The number of aromatic nitrogens is 2. The number of benzene rings is 2. The van der Waals surface area contributed by atoms with Gasteiger partial charge in [0.05, 0.1) is 10.5 Å². The fourth-order valence-corrected chi connectivity index (χ4v) is 4.50. The second-order valence-corrected chi connectivity index (χ2v) is 7.96. The highest BCUT2D eigenvalue weighted by atomic mass is 35.5. The van der Waals surface area contributed by atoms with E-state index in [1.54, 1.807) is 6.07 Å². The number of hydrogen-bond acceptors (Lipinski definition) is 4. The molecule has 0 atom stereocenters. The number of nitrogens with zero attached hydrogens (tertiary/aromatic N) is 3. The lowest BCUT2D eigenvalue weighted by Gasteiger charge is -2.19. The van der Waals surface area contributed by atoms with E-state index in [1.165, 1.54) is 29.2 Å². The highest BCUT2D eigenvalue weighted by Gasteiger charge is 2.20. The Morgan fingerprint density at radius 2 is 2.14 bits per heavy atom. The molecule has 4 aromatic rings. The Morgan fingerprint density at radius 1 is 1.21 bits per heavy atom. The van der Waals surface area contributed by atoms with Crippen LogP contribution in [0.4, 0.5) is 4.39 Å². The molecule has 5 rings (SSSR count). The van der Waals surface area contributed by atoms with Crippen LogP contribution in [0.1, 0.15) is 11.1 Å². The summed E-state index contributed by atoms with van der Waals surface area (Å²) >= 11 is 8.04. The van der Waals surface area contributed by atoms with Gasteiger partial charge in [-0.15, -0.1) is 0 Å². The van der Waals surface area contributed by atoms with Gasteiger partial charge >= 0.3 is 0 Å². The number of rotatable bonds is 3. The Balaban J connectivity index is 1.53. The Kier molecular flexibility index (Phi) is 4.55. The molecule has 0 fully saturated rings. The first-order valence-corrected chi connectivity index (χ1v) is 10.2. The third kappa shape index (κ3) is 3.28. The predicted octanol–water partition coefficient (Wildman–Crippen LogP) is 5.27. The summed E-state index contributed by atoms with van der Waals surface area (Å²) in [4.78, 5) is 2.33. The monoisotopic (exact) mass is 413 g/mol. The molecule has 0 amide bonds. The topological polar surface area (TPSA) is 30.3 Å². The summed E-state index contributed by atoms with van der Waals surface area (Å²) < 4.78 is 25.7. The molecule has 4 nitrogen and oxygen atoms in total. The molecule has 0 spiro atoms. The summed E-state index contributed by atoms with van der Waals surface area (Å²) in [7, 11) is 0. The smallest absolute Gasteiger partial charge is 0.142 e. The van der Waals surface area contributed by atoms with Crippen molar-refractivity contribution in [2.75, 3.05) is 13.2 Å². The Bertz CT molecular complexity index is 1140. The van der Waals surface area contributed by atoms with Crippen LogP contribution in [0.15, 0.2) is 54.2 Å². The maximum absolute atomic E-state index is 13.5. The predicted molar refractivity (Wildman–Crippen MR) is 110 cm³/mol. The number of halogens is 2. The molecule has 1 aliphatic heterocycles. The minimum Gasteiger partial charge on any atom is -0.490 e. The minimum atomic E-state index is -0.239. The minimum absolute atomic E-state index is 0.239. The van der Waals surface area contributed by atoms with Crippen LogP contribution in [-0.4, -0.2) is 27.0 Å². The molecule has 2 aromatic carbocycles. The van der Waals surface area contributed by atoms with E-state index in [2.05, 4.69) is 20.7 Å². The molecule has 0 saturated heterocycles. The van der Waals surface area contributed by atoms with E-state index in [1.807, 2.05) is 29.1 Å². The average Bonchev–Trinajstić information content (AvgIpc) is 3.27. The fourth-order valence-electron chi connectivity index (χ4n) is 3.69. The second-order valence-electron chi connectivity index (χ2n) is 6.90. The molecule has 0 radical (unpaired) electrons. The second kappa shape index (κ2) is 7.20. The van der Waals surface area contributed by atoms with Crippen molar-refractivity contribution in [3.05, 3.63) is 76.1 Å². The van der Waals surface area contributed by atoms with Crippen LogP contribution in [0, 0.1) is 5.82 Å². The summed E-state index contributed by atoms with van der Waals surface area (Å²) in [5.41, 5.74) is 4.13. The molecule has 7 heteroatoms. The summed E-state index contributed by atoms with van der Waals surface area (Å²) in [6.45, 7) is 2.98. The summed E-state index contributed by atoms with van der Waals surface area (Å²) in [5.74, 6) is 0.510. The van der Waals surface area contributed by atoms with Crippen molar-refractivity contribution in [2.45, 2.75) is 13.1 Å². The van der Waals surface area contributed by atoms with Gasteiger partial charge in [-0.05, 0) is 53.5 Å². The van der Waals surface area contributed by atoms with E-state index < -0.39 is 0 Å². The number of fused-ring (bicyclic) bond motifs is 2. The molecule has 28 heavy (non-hydrogen) atoms. The lowest BCUT2D eigenvalue weighted by atomic mass is 10.1. The van der Waals surface area contributed by atoms with E-state index in [9.17, 15) is 4.39 Å². The van der Waals surface area contributed by atoms with Gasteiger partial charge in [-0.25, -0.2) is 8.76 Å². The Labute approximate surface area is 170 Å². The first-order chi connectivity index (χ1) is 13.7. The van der Waals surface area contributed by atoms with Crippen LogP contribution in [-0.2, 0) is 13.1 Å². The van der Waals surface area contributed by atoms with Crippen LogP contribution < -0.4 is 4.74 Å². The molecule has 0 unspecified atom stereocenters. The molecule has 0 bridgehead atoms. The lowest BCUT2D eigenvalue weighted by molar-refractivity contribution is 0.220. The van der Waals surface area contributed by atoms with Crippen LogP contribution >= 0.6 is 23.1 Å². The van der Waals surface area contributed by atoms with Gasteiger partial charge in [0.15, 0.2) is 0 Å². The Hall–Kier alpha value is -2.41. The number of hydrogen-bond donors (Lipinski definition) is 0. The molecule has 2 aromatic heterocycles. The van der Waals surface area contributed by atoms with Gasteiger partial charge in [-0.2, -0.15) is 0 Å². The quantitative estimate of drug-likeness (QED) is 0.458. The van der Waals surface area contributed by atoms with Crippen molar-refractivity contribution in [3.8, 4) is 11.4 Å². The van der Waals surface area contributed by atoms with E-state index in [0.717, 1.165) is 47.5 Å². The zero-order valence-corrected chi connectivity index (χ0v) is 16.5. The van der Waals surface area contributed by atoms with Crippen LogP contribution in [0.25, 0.3) is 16.6 Å². The summed E-state index contributed by atoms with van der Waals surface area (Å²) in [6, 6.07) is 10.7. The van der Waals surface area contributed by atoms with Gasteiger partial charge in [-0.3, -0.25) is 4.90 Å². The molecule has 142 valence electrons. The van der Waals surface area contributed by atoms with Gasteiger partial charge in [0.1, 0.15) is 18.2 Å². The van der Waals surface area contributed by atoms with Crippen LogP contribution in [0.3, 0.4) is 0 Å². The average molecular weight is 414 g/mol. The normalized spacial score (nSPS) is 14.6. The third-order valence-corrected chi connectivity index (χ3v) is 5.89. The molecule has 1 aliphatic rings. The van der Waals surface area contributed by atoms with Gasteiger partial charge in [0.25, 0.3) is 0 Å². The van der Waals surface area contributed by atoms with Crippen molar-refractivity contribution in [3.63, 3.8) is 0 Å². The summed E-state index contributed by atoms with van der Waals surface area (Å²) in [6.07, 6.45) is 3.85. The maximum Gasteiger partial charge on any atom is 0.142 e. The lowest BCUT2D eigenvalue weighted by Crippen LogP contribution is -2.25. The highest BCUT2D eigenvalue weighted by molar-refractivity contribution is 7.03. The SMILES string of the molecule is Fc1ccc2c(ccn2-c2cc(Cl)c3c(c2)CN(Cc2cnsc2)CCO3)c1. The standard InChI is InChI=1S/C21H17ClFN3OS/c22-19-9-18(26-4-3-15-7-17(23)1-2-20(15)26)8-16-12-25(5-6-27-21(16)19)11-14-10-24-28-13-14/h1-4,7-10,13H,5-6,11-12H2. The van der Waals surface area contributed by atoms with Gasteiger partial charge < -0.3 is 9.30 Å². The maximum atomic E-state index is 13.5. The van der Waals surface area contributed by atoms with E-state index >= 15 is 0 Å². The number of ether oxygens (including phenoxy) is 1. The molecule has 0 N–H and O–H groups in total. The van der Waals surface area contributed by atoms with Crippen molar-refractivity contribution < 1.29 is 9.13 Å². The van der Waals surface area contributed by atoms with Crippen molar-refractivity contribution in [1.82, 2.24) is 13.8 Å². The van der Waals surface area contributed by atoms with Gasteiger partial charge in [0, 0.05) is 54.0 Å². The van der Waals surface area contributed by atoms with E-state index in [0.29, 0.717) is 11.6 Å². The highest BCUT2D eigenvalue weighted by Crippen LogP contribution is 2.35. The summed E-state index contributed by atoms with van der Waals surface area (Å²) in [5, 5.41) is 3.52. The molecule has 0 saturated carbocycles. The molecule has 0 aliphatic carbocycles. The fraction of sp³-hybridized carbons (Fsp3) is 0.190. The van der Waals surface area contributed by atoms with E-state index in [-0.39, 0.29) is 5.82 Å². The molecule has 3 heterocycles. The zero-order chi connectivity index (χ0) is 19.1. The van der Waals surface area contributed by atoms with Crippen LogP contribution in [0.2, 0.25) is 5.02 Å². The van der Waals surface area contributed by atoms with Crippen molar-refractivity contribution in [2.24, 2.45) is 0 Å².